The summed E-state index contributed by atoms with van der Waals surface area (Å²) >= 11 is 0. The van der Waals surface area contributed by atoms with E-state index >= 15 is 0 Å². The van der Waals surface area contributed by atoms with E-state index in [1.165, 1.54) is 0 Å². The predicted octanol–water partition coefficient (Wildman–Crippen LogP) is 3.09. The zero-order valence-electron chi connectivity index (χ0n) is 17.1. The first kappa shape index (κ1) is 19.6. The Morgan fingerprint density at radius 1 is 1.10 bits per heavy atom. The second kappa shape index (κ2) is 7.72. The van der Waals surface area contributed by atoms with Crippen LogP contribution in [0, 0.1) is 23.7 Å². The molecule has 160 valence electrons. The van der Waals surface area contributed by atoms with Crippen molar-refractivity contribution in [2.75, 3.05) is 19.0 Å². The van der Waals surface area contributed by atoms with E-state index in [1.54, 1.807) is 55.6 Å². The fraction of sp³-hybridized carbons (Fsp3) is 0.375. The van der Waals surface area contributed by atoms with Crippen LogP contribution in [0.1, 0.15) is 23.2 Å². The van der Waals surface area contributed by atoms with Crippen molar-refractivity contribution in [3.63, 3.8) is 0 Å². The number of Topliss-reactive ketones (excluding diaryl/α,β-unsaturated/α-hetero) is 1. The first-order chi connectivity index (χ1) is 15.0. The largest absolute Gasteiger partial charge is 0.497 e. The Hall–Kier alpha value is -3.35. The summed E-state index contributed by atoms with van der Waals surface area (Å²) in [6.07, 6.45) is 1.70. The molecule has 2 aliphatic carbocycles. The number of ether oxygens (including phenoxy) is 3. The van der Waals surface area contributed by atoms with Gasteiger partial charge in [-0.15, -0.1) is 0 Å². The molecule has 3 fully saturated rings. The first-order valence-corrected chi connectivity index (χ1v) is 10.4. The quantitative estimate of drug-likeness (QED) is 0.546. The number of carbonyl (C=O) groups excluding carboxylic acids is 3. The monoisotopic (exact) mass is 421 g/mol. The summed E-state index contributed by atoms with van der Waals surface area (Å²) in [5, 5.41) is 2.92. The maximum atomic E-state index is 12.8. The molecule has 0 radical (unpaired) electrons. The van der Waals surface area contributed by atoms with Gasteiger partial charge in [0.05, 0.1) is 18.9 Å². The van der Waals surface area contributed by atoms with E-state index in [0.717, 1.165) is 12.8 Å². The van der Waals surface area contributed by atoms with E-state index in [2.05, 4.69) is 5.32 Å². The highest BCUT2D eigenvalue weighted by molar-refractivity contribution is 5.98. The number of carbonyl (C=O) groups is 3. The summed E-state index contributed by atoms with van der Waals surface area (Å²) in [7, 11) is 1.55. The van der Waals surface area contributed by atoms with Crippen molar-refractivity contribution in [3.05, 3.63) is 54.1 Å². The minimum absolute atomic E-state index is 0.0164. The van der Waals surface area contributed by atoms with Crippen LogP contribution in [0.5, 0.6) is 11.5 Å². The minimum Gasteiger partial charge on any atom is -0.497 e. The minimum atomic E-state index is -0.312. The van der Waals surface area contributed by atoms with Crippen LogP contribution < -0.4 is 14.8 Å². The summed E-state index contributed by atoms with van der Waals surface area (Å²) < 4.78 is 16.1. The number of methoxy groups -OCH3 is 1. The first-order valence-electron chi connectivity index (χ1n) is 10.4. The summed E-state index contributed by atoms with van der Waals surface area (Å²) in [5.74, 6) is 0.439. The van der Waals surface area contributed by atoms with Crippen molar-refractivity contribution in [2.45, 2.75) is 18.9 Å². The molecule has 1 aliphatic heterocycles. The smallest absolute Gasteiger partial charge is 0.310 e. The van der Waals surface area contributed by atoms with Crippen molar-refractivity contribution in [3.8, 4) is 11.5 Å². The highest BCUT2D eigenvalue weighted by Crippen LogP contribution is 2.57. The van der Waals surface area contributed by atoms with Gasteiger partial charge in [0.2, 0.25) is 5.91 Å². The number of amides is 1. The summed E-state index contributed by atoms with van der Waals surface area (Å²) in [6, 6.07) is 13.8. The van der Waals surface area contributed by atoms with Crippen molar-refractivity contribution in [1.82, 2.24) is 0 Å². The van der Waals surface area contributed by atoms with Crippen molar-refractivity contribution < 1.29 is 28.6 Å². The van der Waals surface area contributed by atoms with Crippen LogP contribution in [0.4, 0.5) is 5.69 Å². The van der Waals surface area contributed by atoms with Gasteiger partial charge in [0, 0.05) is 17.2 Å². The molecule has 1 saturated heterocycles. The molecular weight excluding hydrogens is 398 g/mol. The second-order valence-corrected chi connectivity index (χ2v) is 8.38. The van der Waals surface area contributed by atoms with Gasteiger partial charge in [-0.25, -0.2) is 0 Å². The van der Waals surface area contributed by atoms with E-state index in [0.29, 0.717) is 22.7 Å². The molecular formula is C24H23NO6. The number of nitrogens with one attached hydrogen (secondary N) is 1. The van der Waals surface area contributed by atoms with Gasteiger partial charge in [-0.1, -0.05) is 12.1 Å². The third-order valence-corrected chi connectivity index (χ3v) is 6.67. The lowest BCUT2D eigenvalue weighted by molar-refractivity contribution is -0.145. The third-order valence-electron chi connectivity index (χ3n) is 6.67. The molecule has 0 unspecified atom stereocenters. The molecule has 3 aliphatic rings. The summed E-state index contributed by atoms with van der Waals surface area (Å²) in [6.45, 7) is -0.102. The number of rotatable bonds is 7. The zero-order chi connectivity index (χ0) is 21.5. The maximum absolute atomic E-state index is 12.8. The van der Waals surface area contributed by atoms with Gasteiger partial charge >= 0.3 is 5.97 Å². The molecule has 1 heterocycles. The van der Waals surface area contributed by atoms with Gasteiger partial charge < -0.3 is 19.5 Å². The molecule has 7 heteroatoms. The van der Waals surface area contributed by atoms with Crippen LogP contribution in [0.25, 0.3) is 0 Å². The predicted molar refractivity (Wildman–Crippen MR) is 111 cm³/mol. The Bertz CT molecular complexity index is 1030. The van der Waals surface area contributed by atoms with E-state index in [-0.39, 0.29) is 54.0 Å². The summed E-state index contributed by atoms with van der Waals surface area (Å²) in [4.78, 5) is 37.3. The Kier molecular flexibility index (Phi) is 4.88. The molecule has 2 aromatic carbocycles. The van der Waals surface area contributed by atoms with Crippen molar-refractivity contribution >= 4 is 23.3 Å². The Labute approximate surface area is 179 Å². The van der Waals surface area contributed by atoms with E-state index in [9.17, 15) is 14.4 Å². The second-order valence-electron chi connectivity index (χ2n) is 8.38. The fourth-order valence-corrected chi connectivity index (χ4v) is 5.25. The fourth-order valence-electron chi connectivity index (χ4n) is 5.25. The number of fused-ring (bicyclic) bond motifs is 1. The number of hydrogen-bond donors (Lipinski definition) is 1. The van der Waals surface area contributed by atoms with Gasteiger partial charge in [0.1, 0.15) is 17.6 Å². The molecule has 0 aromatic heterocycles. The molecule has 2 bridgehead atoms. The van der Waals surface area contributed by atoms with E-state index < -0.39 is 0 Å². The van der Waals surface area contributed by atoms with Gasteiger partial charge in [-0.05, 0) is 55.2 Å². The van der Waals surface area contributed by atoms with E-state index in [4.69, 9.17) is 14.2 Å². The molecule has 5 rings (SSSR count). The van der Waals surface area contributed by atoms with Crippen LogP contribution in [-0.4, -0.2) is 37.5 Å². The standard InChI is InChI=1S/C24H23NO6/c1-29-17-4-2-3-13(9-17)19(26)12-30-16-7-5-15(6-8-16)25-23(27)21-14-10-18-20(11-14)31-24(28)22(18)21/h2-9,14,18,20-22H,10-12H2,1H3,(H,25,27)/t14-,18+,20-,21-,22+/m1/s1. The molecule has 5 atom stereocenters. The molecule has 31 heavy (non-hydrogen) atoms. The molecule has 0 spiro atoms. The topological polar surface area (TPSA) is 90.9 Å². The average Bonchev–Trinajstić information content (AvgIpc) is 3.41. The maximum Gasteiger partial charge on any atom is 0.310 e. The van der Waals surface area contributed by atoms with Gasteiger partial charge in [0.15, 0.2) is 12.4 Å². The summed E-state index contributed by atoms with van der Waals surface area (Å²) in [5.41, 5.74) is 1.14. The SMILES string of the molecule is COc1cccc(C(=O)COc2ccc(NC(=O)[C@@H]3[C@@H]4C[C@@H]5[C@@H]3C(=O)O[C@@H]5C4)cc2)c1. The molecule has 7 nitrogen and oxygen atoms in total. The lowest BCUT2D eigenvalue weighted by atomic mass is 9.79. The Morgan fingerprint density at radius 2 is 1.90 bits per heavy atom. The number of esters is 1. The van der Waals surface area contributed by atoms with E-state index in [1.807, 2.05) is 0 Å². The lowest BCUT2D eigenvalue weighted by Gasteiger charge is -2.23. The molecule has 1 amide bonds. The highest BCUT2D eigenvalue weighted by atomic mass is 16.6. The Morgan fingerprint density at radius 3 is 2.68 bits per heavy atom. The molecule has 2 saturated carbocycles. The van der Waals surface area contributed by atoms with Gasteiger partial charge in [-0.2, -0.15) is 0 Å². The molecule has 2 aromatic rings. The van der Waals surface area contributed by atoms with Crippen LogP contribution in [-0.2, 0) is 14.3 Å². The Balaban J connectivity index is 1.17. The van der Waals surface area contributed by atoms with Gasteiger partial charge in [0.25, 0.3) is 0 Å². The number of ketones is 1. The van der Waals surface area contributed by atoms with Crippen LogP contribution in [0.3, 0.4) is 0 Å². The number of anilines is 1. The normalized spacial score (nSPS) is 27.6. The number of benzene rings is 2. The lowest BCUT2D eigenvalue weighted by Crippen LogP contribution is -2.35. The highest BCUT2D eigenvalue weighted by Gasteiger charge is 2.63. The van der Waals surface area contributed by atoms with Crippen LogP contribution in [0.15, 0.2) is 48.5 Å². The average molecular weight is 421 g/mol. The zero-order valence-corrected chi connectivity index (χ0v) is 17.1. The van der Waals surface area contributed by atoms with Crippen molar-refractivity contribution in [1.29, 1.82) is 0 Å². The third kappa shape index (κ3) is 3.54. The van der Waals surface area contributed by atoms with Crippen molar-refractivity contribution in [2.24, 2.45) is 23.7 Å². The van der Waals surface area contributed by atoms with Gasteiger partial charge in [-0.3, -0.25) is 14.4 Å². The number of hydrogen-bond acceptors (Lipinski definition) is 6. The van der Waals surface area contributed by atoms with Crippen LogP contribution >= 0.6 is 0 Å². The van der Waals surface area contributed by atoms with Crippen LogP contribution in [0.2, 0.25) is 0 Å². The molecule has 1 N–H and O–H groups in total.